The van der Waals surface area contributed by atoms with Crippen LogP contribution in [-0.4, -0.2) is 42.3 Å². The van der Waals surface area contributed by atoms with Gasteiger partial charge < -0.3 is 14.6 Å². The van der Waals surface area contributed by atoms with Crippen molar-refractivity contribution in [3.8, 4) is 11.5 Å². The summed E-state index contributed by atoms with van der Waals surface area (Å²) in [4.78, 5) is 13.8. The fourth-order valence-electron chi connectivity index (χ4n) is 3.77. The second kappa shape index (κ2) is 9.03. The molecule has 2 aromatic rings. The van der Waals surface area contributed by atoms with E-state index < -0.39 is 12.0 Å². The van der Waals surface area contributed by atoms with Gasteiger partial charge in [-0.25, -0.2) is 0 Å². The minimum Gasteiger partial charge on any atom is -0.493 e. The molecule has 1 aliphatic rings. The zero-order chi connectivity index (χ0) is 20.3. The topological polar surface area (TPSA) is 59.0 Å². The molecule has 1 N–H and O–H groups in total. The molecule has 0 bridgehead atoms. The van der Waals surface area contributed by atoms with Gasteiger partial charge in [-0.05, 0) is 55.2 Å². The van der Waals surface area contributed by atoms with Crippen molar-refractivity contribution in [1.82, 2.24) is 4.90 Å². The molecule has 0 aliphatic carbocycles. The minimum atomic E-state index is -0.828. The first-order valence-corrected chi connectivity index (χ1v) is 9.96. The molecule has 2 unspecified atom stereocenters. The first kappa shape index (κ1) is 20.8. The van der Waals surface area contributed by atoms with E-state index in [-0.39, 0.29) is 6.04 Å². The van der Waals surface area contributed by atoms with Crippen molar-refractivity contribution in [2.75, 3.05) is 20.3 Å². The van der Waals surface area contributed by atoms with Crippen LogP contribution in [0.25, 0.3) is 0 Å². The van der Waals surface area contributed by atoms with E-state index >= 15 is 0 Å². The Kier molecular flexibility index (Phi) is 6.70. The van der Waals surface area contributed by atoms with Gasteiger partial charge in [-0.1, -0.05) is 35.3 Å². The Morgan fingerprint density at radius 2 is 2.04 bits per heavy atom. The van der Waals surface area contributed by atoms with Gasteiger partial charge in [0.1, 0.15) is 6.04 Å². The number of hydrogen-bond donors (Lipinski definition) is 1. The molecular weight excluding hydrogens is 401 g/mol. The third-order valence-corrected chi connectivity index (χ3v) is 5.53. The largest absolute Gasteiger partial charge is 0.493 e. The molecule has 1 fully saturated rings. The van der Waals surface area contributed by atoms with Crippen LogP contribution in [0.4, 0.5) is 0 Å². The Hall–Kier alpha value is -1.95. The summed E-state index contributed by atoms with van der Waals surface area (Å²) in [5.74, 6) is 0.414. The molecule has 1 saturated heterocycles. The van der Waals surface area contributed by atoms with Crippen molar-refractivity contribution in [3.05, 3.63) is 57.6 Å². The number of hydrogen-bond acceptors (Lipinski definition) is 4. The van der Waals surface area contributed by atoms with Crippen molar-refractivity contribution < 1.29 is 19.4 Å². The van der Waals surface area contributed by atoms with Gasteiger partial charge in [0.15, 0.2) is 11.5 Å². The summed E-state index contributed by atoms with van der Waals surface area (Å²) in [6.45, 7) is 3.09. The Morgan fingerprint density at radius 3 is 2.68 bits per heavy atom. The van der Waals surface area contributed by atoms with Gasteiger partial charge in [0, 0.05) is 16.6 Å². The number of rotatable bonds is 7. The van der Waals surface area contributed by atoms with Crippen LogP contribution >= 0.6 is 23.2 Å². The molecule has 3 rings (SSSR count). The molecule has 0 aromatic heterocycles. The van der Waals surface area contributed by atoms with E-state index in [9.17, 15) is 9.90 Å². The molecule has 2 aromatic carbocycles. The Balaban J connectivity index is 2.12. The molecule has 150 valence electrons. The van der Waals surface area contributed by atoms with Crippen molar-refractivity contribution >= 4 is 29.2 Å². The molecule has 1 aliphatic heterocycles. The van der Waals surface area contributed by atoms with Crippen LogP contribution in [0.2, 0.25) is 10.0 Å². The molecule has 0 spiro atoms. The van der Waals surface area contributed by atoms with Gasteiger partial charge in [0.05, 0.1) is 19.8 Å². The number of aliphatic carboxylic acids is 1. The quantitative estimate of drug-likeness (QED) is 0.675. The standard InChI is InChI=1S/C21H23Cl2NO4/c1-3-28-18-9-6-13(11-19(18)27-2)20(15-8-7-14(22)12-16(15)23)24-10-4-5-17(24)21(25)26/h6-9,11-12,17,20H,3-5,10H2,1-2H3,(H,25,26). The third-order valence-electron chi connectivity index (χ3n) is 4.97. The summed E-state index contributed by atoms with van der Waals surface area (Å²) in [6.07, 6.45) is 1.41. The van der Waals surface area contributed by atoms with Crippen LogP contribution in [0.5, 0.6) is 11.5 Å². The lowest BCUT2D eigenvalue weighted by Gasteiger charge is -2.33. The van der Waals surface area contributed by atoms with Crippen molar-refractivity contribution in [2.45, 2.75) is 31.8 Å². The van der Waals surface area contributed by atoms with E-state index in [1.807, 2.05) is 36.1 Å². The molecule has 0 amide bonds. The average molecular weight is 424 g/mol. The molecule has 7 heteroatoms. The Morgan fingerprint density at radius 1 is 1.25 bits per heavy atom. The molecule has 5 nitrogen and oxygen atoms in total. The van der Waals surface area contributed by atoms with Gasteiger partial charge in [-0.2, -0.15) is 0 Å². The summed E-state index contributed by atoms with van der Waals surface area (Å²) < 4.78 is 11.1. The number of carboxylic acids is 1. The van der Waals surface area contributed by atoms with E-state index in [1.165, 1.54) is 0 Å². The monoisotopic (exact) mass is 423 g/mol. The minimum absolute atomic E-state index is 0.335. The maximum Gasteiger partial charge on any atom is 0.320 e. The molecule has 0 saturated carbocycles. The van der Waals surface area contributed by atoms with Crippen molar-refractivity contribution in [1.29, 1.82) is 0 Å². The highest BCUT2D eigenvalue weighted by Gasteiger charge is 2.37. The zero-order valence-corrected chi connectivity index (χ0v) is 17.3. The fraction of sp³-hybridized carbons (Fsp3) is 0.381. The number of likely N-dealkylation sites (tertiary alicyclic amines) is 1. The van der Waals surface area contributed by atoms with Crippen molar-refractivity contribution in [2.24, 2.45) is 0 Å². The first-order chi connectivity index (χ1) is 13.5. The Labute approximate surface area is 174 Å². The van der Waals surface area contributed by atoms with Crippen LogP contribution in [0, 0.1) is 0 Å². The molecule has 1 heterocycles. The molecule has 2 atom stereocenters. The average Bonchev–Trinajstić information content (AvgIpc) is 3.14. The van der Waals surface area contributed by atoms with E-state index in [1.54, 1.807) is 19.2 Å². The lowest BCUT2D eigenvalue weighted by Crippen LogP contribution is -2.39. The highest BCUT2D eigenvalue weighted by atomic mass is 35.5. The van der Waals surface area contributed by atoms with Crippen LogP contribution in [0.3, 0.4) is 0 Å². The number of nitrogens with zero attached hydrogens (tertiary/aromatic N) is 1. The fourth-order valence-corrected chi connectivity index (χ4v) is 4.28. The maximum absolute atomic E-state index is 11.8. The van der Waals surface area contributed by atoms with E-state index in [0.717, 1.165) is 17.5 Å². The van der Waals surface area contributed by atoms with Crippen molar-refractivity contribution in [3.63, 3.8) is 0 Å². The van der Waals surface area contributed by atoms with Gasteiger partial charge >= 0.3 is 5.97 Å². The highest BCUT2D eigenvalue weighted by molar-refractivity contribution is 6.35. The lowest BCUT2D eigenvalue weighted by molar-refractivity contribution is -0.142. The zero-order valence-electron chi connectivity index (χ0n) is 15.8. The smallest absolute Gasteiger partial charge is 0.320 e. The predicted octanol–water partition coefficient (Wildman–Crippen LogP) is 5.04. The van der Waals surface area contributed by atoms with Gasteiger partial charge in [-0.15, -0.1) is 0 Å². The van der Waals surface area contributed by atoms with Gasteiger partial charge in [0.25, 0.3) is 0 Å². The van der Waals surface area contributed by atoms with Gasteiger partial charge in [-0.3, -0.25) is 9.69 Å². The van der Waals surface area contributed by atoms with Gasteiger partial charge in [0.2, 0.25) is 0 Å². The predicted molar refractivity (Wildman–Crippen MR) is 110 cm³/mol. The summed E-state index contributed by atoms with van der Waals surface area (Å²) in [6, 6.07) is 10.1. The maximum atomic E-state index is 11.8. The number of carbonyl (C=O) groups is 1. The van der Waals surface area contributed by atoms with Crippen LogP contribution < -0.4 is 9.47 Å². The summed E-state index contributed by atoms with van der Waals surface area (Å²) in [5, 5.41) is 10.8. The van der Waals surface area contributed by atoms with Crippen LogP contribution in [0.15, 0.2) is 36.4 Å². The first-order valence-electron chi connectivity index (χ1n) is 9.20. The third kappa shape index (κ3) is 4.22. The number of carboxylic acid groups (broad SMARTS) is 1. The molecule has 0 radical (unpaired) electrons. The molecular formula is C21H23Cl2NO4. The second-order valence-corrected chi connectivity index (χ2v) is 7.49. The SMILES string of the molecule is CCOc1ccc(C(c2ccc(Cl)cc2Cl)N2CCCC2C(=O)O)cc1OC. The van der Waals surface area contributed by atoms with E-state index in [2.05, 4.69) is 0 Å². The van der Waals surface area contributed by atoms with E-state index in [4.69, 9.17) is 32.7 Å². The normalized spacial score (nSPS) is 18.1. The van der Waals surface area contributed by atoms with Crippen LogP contribution in [-0.2, 0) is 4.79 Å². The summed E-state index contributed by atoms with van der Waals surface area (Å²) in [5.41, 5.74) is 1.70. The molecule has 28 heavy (non-hydrogen) atoms. The summed E-state index contributed by atoms with van der Waals surface area (Å²) in [7, 11) is 1.59. The number of methoxy groups -OCH3 is 1. The highest BCUT2D eigenvalue weighted by Crippen LogP contribution is 2.41. The van der Waals surface area contributed by atoms with E-state index in [0.29, 0.717) is 41.1 Å². The number of halogens is 2. The lowest BCUT2D eigenvalue weighted by atomic mass is 9.95. The number of benzene rings is 2. The Bertz CT molecular complexity index is 858. The number of ether oxygens (including phenoxy) is 2. The second-order valence-electron chi connectivity index (χ2n) is 6.65. The van der Waals surface area contributed by atoms with Crippen LogP contribution in [0.1, 0.15) is 36.9 Å². The summed E-state index contributed by atoms with van der Waals surface area (Å²) >= 11 is 12.6.